The molecule has 0 saturated carbocycles. The number of primary amides is 1. The van der Waals surface area contributed by atoms with Gasteiger partial charge in [0.25, 0.3) is 5.91 Å². The van der Waals surface area contributed by atoms with Crippen molar-refractivity contribution in [3.05, 3.63) is 106 Å². The van der Waals surface area contributed by atoms with Gasteiger partial charge in [0.15, 0.2) is 0 Å². The Labute approximate surface area is 185 Å². The van der Waals surface area contributed by atoms with Gasteiger partial charge in [-0.25, -0.2) is 0 Å². The van der Waals surface area contributed by atoms with E-state index in [1.807, 2.05) is 79.7 Å². The van der Waals surface area contributed by atoms with Crippen molar-refractivity contribution >= 4 is 29.1 Å². The molecule has 3 aromatic carbocycles. The molecule has 0 spiro atoms. The first kappa shape index (κ1) is 20.3. The number of amides is 1. The SMILES string of the molecule is Cc1c(C(N)=O)c(-c2ccccc2)c(-c2ccccc2)n1Cc1ccc(Cl)c(Cl)c1. The first-order valence-corrected chi connectivity index (χ1v) is 10.3. The Kier molecular flexibility index (Phi) is 5.67. The van der Waals surface area contributed by atoms with Gasteiger partial charge in [-0.3, -0.25) is 4.79 Å². The van der Waals surface area contributed by atoms with Crippen LogP contribution in [0.2, 0.25) is 10.0 Å². The van der Waals surface area contributed by atoms with E-state index in [2.05, 4.69) is 4.57 Å². The zero-order valence-electron chi connectivity index (χ0n) is 16.4. The highest BCUT2D eigenvalue weighted by Gasteiger charge is 2.25. The van der Waals surface area contributed by atoms with Crippen LogP contribution in [0.5, 0.6) is 0 Å². The number of benzene rings is 3. The van der Waals surface area contributed by atoms with E-state index < -0.39 is 5.91 Å². The van der Waals surface area contributed by atoms with E-state index in [9.17, 15) is 4.79 Å². The molecule has 0 aliphatic rings. The van der Waals surface area contributed by atoms with Crippen LogP contribution in [-0.4, -0.2) is 10.5 Å². The molecule has 1 aromatic heterocycles. The van der Waals surface area contributed by atoms with Gasteiger partial charge in [0.1, 0.15) is 0 Å². The number of hydrogen-bond acceptors (Lipinski definition) is 1. The van der Waals surface area contributed by atoms with E-state index in [4.69, 9.17) is 28.9 Å². The average Bonchev–Trinajstić information content (AvgIpc) is 3.04. The van der Waals surface area contributed by atoms with Gasteiger partial charge in [-0.1, -0.05) is 89.9 Å². The Bertz CT molecular complexity index is 1220. The van der Waals surface area contributed by atoms with Gasteiger partial charge in [0.2, 0.25) is 0 Å². The highest BCUT2D eigenvalue weighted by Crippen LogP contribution is 2.39. The zero-order chi connectivity index (χ0) is 21.3. The molecule has 0 aliphatic heterocycles. The van der Waals surface area contributed by atoms with Crippen molar-refractivity contribution in [3.63, 3.8) is 0 Å². The lowest BCUT2D eigenvalue weighted by molar-refractivity contribution is 0.1000. The van der Waals surface area contributed by atoms with Crippen molar-refractivity contribution in [3.8, 4) is 22.4 Å². The smallest absolute Gasteiger partial charge is 0.251 e. The second-order valence-electron chi connectivity index (χ2n) is 7.11. The van der Waals surface area contributed by atoms with Crippen LogP contribution < -0.4 is 5.73 Å². The fourth-order valence-corrected chi connectivity index (χ4v) is 4.16. The summed E-state index contributed by atoms with van der Waals surface area (Å²) in [5.74, 6) is -0.448. The molecular weight excluding hydrogens is 415 g/mol. The summed E-state index contributed by atoms with van der Waals surface area (Å²) in [7, 11) is 0. The molecule has 0 fully saturated rings. The van der Waals surface area contributed by atoms with Crippen molar-refractivity contribution in [1.29, 1.82) is 0 Å². The van der Waals surface area contributed by atoms with Crippen LogP contribution in [0.25, 0.3) is 22.4 Å². The van der Waals surface area contributed by atoms with Gasteiger partial charge in [-0.05, 0) is 35.7 Å². The topological polar surface area (TPSA) is 48.0 Å². The maximum Gasteiger partial charge on any atom is 0.251 e. The zero-order valence-corrected chi connectivity index (χ0v) is 17.9. The standard InChI is InChI=1S/C25H20Cl2N2O/c1-16-22(25(28)30)23(18-8-4-2-5-9-18)24(19-10-6-3-7-11-19)29(16)15-17-12-13-20(26)21(27)14-17/h2-14H,15H2,1H3,(H2,28,30). The second-order valence-corrected chi connectivity index (χ2v) is 7.93. The Balaban J connectivity index is 2.01. The molecule has 3 nitrogen and oxygen atoms in total. The van der Waals surface area contributed by atoms with E-state index in [-0.39, 0.29) is 0 Å². The minimum atomic E-state index is -0.448. The summed E-state index contributed by atoms with van der Waals surface area (Å²) in [6.45, 7) is 2.45. The summed E-state index contributed by atoms with van der Waals surface area (Å²) < 4.78 is 2.12. The van der Waals surface area contributed by atoms with Gasteiger partial charge in [-0.2, -0.15) is 0 Å². The number of rotatable bonds is 5. The molecule has 0 radical (unpaired) electrons. The van der Waals surface area contributed by atoms with Crippen LogP contribution in [0.4, 0.5) is 0 Å². The Morgan fingerprint density at radius 1 is 0.867 bits per heavy atom. The molecule has 150 valence electrons. The molecule has 0 atom stereocenters. The number of halogens is 2. The highest BCUT2D eigenvalue weighted by atomic mass is 35.5. The minimum absolute atomic E-state index is 0.448. The van der Waals surface area contributed by atoms with Gasteiger partial charge < -0.3 is 10.3 Å². The molecule has 0 bridgehead atoms. The van der Waals surface area contributed by atoms with Gasteiger partial charge in [0.05, 0.1) is 21.3 Å². The number of nitrogens with two attached hydrogens (primary N) is 1. The highest BCUT2D eigenvalue weighted by molar-refractivity contribution is 6.42. The van der Waals surface area contributed by atoms with E-state index in [0.717, 1.165) is 33.6 Å². The molecule has 4 rings (SSSR count). The molecule has 1 heterocycles. The van der Waals surface area contributed by atoms with Crippen molar-refractivity contribution < 1.29 is 4.79 Å². The fourth-order valence-electron chi connectivity index (χ4n) is 3.84. The predicted octanol–water partition coefficient (Wildman–Crippen LogP) is 6.58. The molecule has 2 N–H and O–H groups in total. The number of carbonyl (C=O) groups is 1. The van der Waals surface area contributed by atoms with E-state index in [1.165, 1.54) is 0 Å². The molecule has 4 aromatic rings. The third kappa shape index (κ3) is 3.74. The number of nitrogens with zero attached hydrogens (tertiary/aromatic N) is 1. The van der Waals surface area contributed by atoms with Gasteiger partial charge >= 0.3 is 0 Å². The monoisotopic (exact) mass is 434 g/mol. The third-order valence-electron chi connectivity index (χ3n) is 5.20. The maximum absolute atomic E-state index is 12.5. The molecule has 0 aliphatic carbocycles. The normalized spacial score (nSPS) is 10.9. The molecule has 5 heteroatoms. The van der Waals surface area contributed by atoms with Crippen LogP contribution in [0.3, 0.4) is 0 Å². The van der Waals surface area contributed by atoms with Crippen LogP contribution in [0.1, 0.15) is 21.6 Å². The fraction of sp³-hybridized carbons (Fsp3) is 0.0800. The number of aromatic nitrogens is 1. The van der Waals surface area contributed by atoms with Gasteiger partial charge in [0, 0.05) is 17.8 Å². The largest absolute Gasteiger partial charge is 0.366 e. The number of hydrogen-bond donors (Lipinski definition) is 1. The summed E-state index contributed by atoms with van der Waals surface area (Å²) in [5, 5.41) is 1.01. The summed E-state index contributed by atoms with van der Waals surface area (Å²) in [6.07, 6.45) is 0. The summed E-state index contributed by atoms with van der Waals surface area (Å²) in [5.41, 5.74) is 11.9. The lowest BCUT2D eigenvalue weighted by Gasteiger charge is -2.14. The van der Waals surface area contributed by atoms with Crippen molar-refractivity contribution in [2.45, 2.75) is 13.5 Å². The van der Waals surface area contributed by atoms with Crippen molar-refractivity contribution in [1.82, 2.24) is 4.57 Å². The average molecular weight is 435 g/mol. The summed E-state index contributed by atoms with van der Waals surface area (Å²) in [6, 6.07) is 25.5. The van der Waals surface area contributed by atoms with E-state index in [0.29, 0.717) is 22.2 Å². The lowest BCUT2D eigenvalue weighted by atomic mass is 9.96. The van der Waals surface area contributed by atoms with Crippen LogP contribution in [-0.2, 0) is 6.54 Å². The lowest BCUT2D eigenvalue weighted by Crippen LogP contribution is -2.13. The van der Waals surface area contributed by atoms with Crippen LogP contribution in [0, 0.1) is 6.92 Å². The second kappa shape index (κ2) is 8.39. The van der Waals surface area contributed by atoms with Gasteiger partial charge in [-0.15, -0.1) is 0 Å². The minimum Gasteiger partial charge on any atom is -0.366 e. The molecular formula is C25H20Cl2N2O. The summed E-state index contributed by atoms with van der Waals surface area (Å²) in [4.78, 5) is 12.5. The van der Waals surface area contributed by atoms with Crippen LogP contribution in [0.15, 0.2) is 78.9 Å². The Morgan fingerprint density at radius 2 is 1.47 bits per heavy atom. The molecule has 0 unspecified atom stereocenters. The molecule has 0 saturated heterocycles. The Hall–Kier alpha value is -3.01. The van der Waals surface area contributed by atoms with Crippen molar-refractivity contribution in [2.24, 2.45) is 5.73 Å². The number of carbonyl (C=O) groups excluding carboxylic acids is 1. The van der Waals surface area contributed by atoms with Crippen molar-refractivity contribution in [2.75, 3.05) is 0 Å². The summed E-state index contributed by atoms with van der Waals surface area (Å²) >= 11 is 12.3. The van der Waals surface area contributed by atoms with E-state index >= 15 is 0 Å². The Morgan fingerprint density at radius 3 is 2.03 bits per heavy atom. The van der Waals surface area contributed by atoms with Crippen LogP contribution >= 0.6 is 23.2 Å². The quantitative estimate of drug-likeness (QED) is 0.378. The predicted molar refractivity (Wildman–Crippen MR) is 124 cm³/mol. The molecule has 30 heavy (non-hydrogen) atoms. The first-order chi connectivity index (χ1) is 14.5. The van der Waals surface area contributed by atoms with E-state index in [1.54, 1.807) is 6.07 Å². The first-order valence-electron chi connectivity index (χ1n) is 9.55. The molecule has 1 amide bonds. The maximum atomic E-state index is 12.5. The third-order valence-corrected chi connectivity index (χ3v) is 5.94.